The fourth-order valence-corrected chi connectivity index (χ4v) is 1.93. The van der Waals surface area contributed by atoms with Crippen LogP contribution in [0.3, 0.4) is 0 Å². The molecule has 2 N–H and O–H groups in total. The van der Waals surface area contributed by atoms with Gasteiger partial charge in [0.05, 0.1) is 0 Å². The Balaban J connectivity index is 2.80. The van der Waals surface area contributed by atoms with Gasteiger partial charge in [0.1, 0.15) is 5.82 Å². The Morgan fingerprint density at radius 2 is 2.14 bits per heavy atom. The number of aromatic nitrogens is 1. The highest BCUT2D eigenvalue weighted by Gasteiger charge is 2.03. The molecule has 0 spiro atoms. The van der Waals surface area contributed by atoms with Crippen molar-refractivity contribution in [3.63, 3.8) is 0 Å². The number of halogens is 1. The molecule has 1 aromatic carbocycles. The second kappa shape index (κ2) is 3.58. The maximum Gasteiger partial charge on any atom is 0.131 e. The number of hydrogen-bond donors (Lipinski definition) is 1. The molecule has 2 rings (SSSR count). The summed E-state index contributed by atoms with van der Waals surface area (Å²) < 4.78 is 0.997. The fourth-order valence-electron chi connectivity index (χ4n) is 1.50. The normalized spacial score (nSPS) is 10.7. The number of benzene rings is 1. The molecule has 0 aliphatic carbocycles. The standard InChI is InChI=1S/C11H11BrN2/c1-2-7-3-4-8-9(5-7)10(12)6-14-11(8)13/h3-6H,2H2,1H3,(H2,13,14). The molecule has 0 saturated heterocycles. The minimum Gasteiger partial charge on any atom is -0.383 e. The lowest BCUT2D eigenvalue weighted by molar-refractivity contribution is 1.14. The maximum absolute atomic E-state index is 5.78. The lowest BCUT2D eigenvalue weighted by atomic mass is 10.1. The first-order valence-corrected chi connectivity index (χ1v) is 5.34. The van der Waals surface area contributed by atoms with Crippen LogP contribution in [0.2, 0.25) is 0 Å². The van der Waals surface area contributed by atoms with E-state index in [0.29, 0.717) is 5.82 Å². The van der Waals surface area contributed by atoms with Crippen molar-refractivity contribution in [2.75, 3.05) is 5.73 Å². The Labute approximate surface area is 91.3 Å². The summed E-state index contributed by atoms with van der Waals surface area (Å²) >= 11 is 3.48. The van der Waals surface area contributed by atoms with E-state index in [9.17, 15) is 0 Å². The molecule has 0 unspecified atom stereocenters. The number of rotatable bonds is 1. The van der Waals surface area contributed by atoms with Crippen molar-refractivity contribution in [1.29, 1.82) is 0 Å². The topological polar surface area (TPSA) is 38.9 Å². The van der Waals surface area contributed by atoms with Crippen LogP contribution in [0.15, 0.2) is 28.9 Å². The van der Waals surface area contributed by atoms with Crippen LogP contribution in [-0.4, -0.2) is 4.98 Å². The first kappa shape index (κ1) is 9.46. The zero-order chi connectivity index (χ0) is 10.1. The molecule has 72 valence electrons. The number of nitrogens with two attached hydrogens (primary N) is 1. The summed E-state index contributed by atoms with van der Waals surface area (Å²) in [5.74, 6) is 0.589. The SMILES string of the molecule is CCc1ccc2c(N)ncc(Br)c2c1. The molecule has 0 bridgehead atoms. The third-order valence-electron chi connectivity index (χ3n) is 2.34. The Hall–Kier alpha value is -1.09. The third kappa shape index (κ3) is 1.48. The van der Waals surface area contributed by atoms with Crippen molar-refractivity contribution < 1.29 is 0 Å². The monoisotopic (exact) mass is 250 g/mol. The third-order valence-corrected chi connectivity index (χ3v) is 2.97. The predicted octanol–water partition coefficient (Wildman–Crippen LogP) is 3.14. The largest absolute Gasteiger partial charge is 0.383 e. The second-order valence-corrected chi connectivity index (χ2v) is 4.08. The van der Waals surface area contributed by atoms with Gasteiger partial charge in [0.2, 0.25) is 0 Å². The molecule has 0 radical (unpaired) electrons. The smallest absolute Gasteiger partial charge is 0.131 e. The lowest BCUT2D eigenvalue weighted by Crippen LogP contribution is -1.92. The molecule has 3 heteroatoms. The number of pyridine rings is 1. The van der Waals surface area contributed by atoms with Gasteiger partial charge in [-0.3, -0.25) is 0 Å². The summed E-state index contributed by atoms with van der Waals surface area (Å²) in [5, 5.41) is 2.15. The number of hydrogen-bond acceptors (Lipinski definition) is 2. The van der Waals surface area contributed by atoms with Crippen LogP contribution in [0, 0.1) is 0 Å². The summed E-state index contributed by atoms with van der Waals surface area (Å²) in [6, 6.07) is 6.27. The molecule has 14 heavy (non-hydrogen) atoms. The van der Waals surface area contributed by atoms with Crippen LogP contribution in [-0.2, 0) is 6.42 Å². The van der Waals surface area contributed by atoms with Crippen LogP contribution in [0.1, 0.15) is 12.5 Å². The molecular formula is C11H11BrN2. The first-order valence-electron chi connectivity index (χ1n) is 4.55. The van der Waals surface area contributed by atoms with Gasteiger partial charge in [0.25, 0.3) is 0 Å². The Bertz CT molecular complexity index is 480. The second-order valence-electron chi connectivity index (χ2n) is 3.22. The van der Waals surface area contributed by atoms with Crippen LogP contribution in [0.5, 0.6) is 0 Å². The molecular weight excluding hydrogens is 240 g/mol. The van der Waals surface area contributed by atoms with Gasteiger partial charge >= 0.3 is 0 Å². The fraction of sp³-hybridized carbons (Fsp3) is 0.182. The van der Waals surface area contributed by atoms with E-state index in [-0.39, 0.29) is 0 Å². The lowest BCUT2D eigenvalue weighted by Gasteiger charge is -2.05. The zero-order valence-electron chi connectivity index (χ0n) is 7.92. The average molecular weight is 251 g/mol. The van der Waals surface area contributed by atoms with E-state index in [1.165, 1.54) is 5.56 Å². The van der Waals surface area contributed by atoms with E-state index in [1.54, 1.807) is 6.20 Å². The van der Waals surface area contributed by atoms with Gasteiger partial charge < -0.3 is 5.73 Å². The molecule has 0 amide bonds. The number of aryl methyl sites for hydroxylation is 1. The highest BCUT2D eigenvalue weighted by Crippen LogP contribution is 2.27. The summed E-state index contributed by atoms with van der Waals surface area (Å²) in [6.07, 6.45) is 2.78. The van der Waals surface area contributed by atoms with Gasteiger partial charge in [-0.25, -0.2) is 4.98 Å². The van der Waals surface area contributed by atoms with Crippen molar-refractivity contribution in [3.05, 3.63) is 34.4 Å². The van der Waals surface area contributed by atoms with Gasteiger partial charge in [0.15, 0.2) is 0 Å². The zero-order valence-corrected chi connectivity index (χ0v) is 9.51. The number of nitrogen functional groups attached to an aromatic ring is 1. The molecule has 1 aromatic heterocycles. The number of nitrogens with zero attached hydrogens (tertiary/aromatic N) is 1. The van der Waals surface area contributed by atoms with E-state index < -0.39 is 0 Å². The van der Waals surface area contributed by atoms with Crippen LogP contribution in [0.4, 0.5) is 5.82 Å². The molecule has 1 heterocycles. The summed E-state index contributed by atoms with van der Waals surface area (Å²) in [6.45, 7) is 2.14. The van der Waals surface area contributed by atoms with E-state index in [2.05, 4.69) is 40.0 Å². The Kier molecular flexibility index (Phi) is 2.42. The number of fused-ring (bicyclic) bond motifs is 1. The molecule has 2 nitrogen and oxygen atoms in total. The maximum atomic E-state index is 5.78. The first-order chi connectivity index (χ1) is 6.72. The van der Waals surface area contributed by atoms with E-state index in [1.807, 2.05) is 6.07 Å². The quantitative estimate of drug-likeness (QED) is 0.845. The van der Waals surface area contributed by atoms with E-state index >= 15 is 0 Å². The highest BCUT2D eigenvalue weighted by atomic mass is 79.9. The minimum absolute atomic E-state index is 0.589. The van der Waals surface area contributed by atoms with Crippen molar-refractivity contribution in [2.45, 2.75) is 13.3 Å². The summed E-state index contributed by atoms with van der Waals surface area (Å²) in [7, 11) is 0. The van der Waals surface area contributed by atoms with Crippen LogP contribution in [0.25, 0.3) is 10.8 Å². The average Bonchev–Trinajstić information content (AvgIpc) is 2.23. The molecule has 0 aliphatic heterocycles. The van der Waals surface area contributed by atoms with Gasteiger partial charge in [-0.2, -0.15) is 0 Å². The molecule has 0 fully saturated rings. The summed E-state index contributed by atoms with van der Waals surface area (Å²) in [4.78, 5) is 4.09. The minimum atomic E-state index is 0.589. The molecule has 0 saturated carbocycles. The Morgan fingerprint density at radius 3 is 2.86 bits per heavy atom. The van der Waals surface area contributed by atoms with Crippen LogP contribution < -0.4 is 5.73 Å². The molecule has 0 atom stereocenters. The summed E-state index contributed by atoms with van der Waals surface area (Å²) in [5.41, 5.74) is 7.09. The van der Waals surface area contributed by atoms with Crippen LogP contribution >= 0.6 is 15.9 Å². The predicted molar refractivity (Wildman–Crippen MR) is 63.2 cm³/mol. The van der Waals surface area contributed by atoms with Crippen molar-refractivity contribution >= 4 is 32.5 Å². The van der Waals surface area contributed by atoms with Gasteiger partial charge in [-0.05, 0) is 34.0 Å². The number of anilines is 1. The van der Waals surface area contributed by atoms with Gasteiger partial charge in [-0.15, -0.1) is 0 Å². The van der Waals surface area contributed by atoms with Crippen molar-refractivity contribution in [1.82, 2.24) is 4.98 Å². The van der Waals surface area contributed by atoms with Crippen molar-refractivity contribution in [3.8, 4) is 0 Å². The molecule has 2 aromatic rings. The molecule has 0 aliphatic rings. The van der Waals surface area contributed by atoms with E-state index in [0.717, 1.165) is 21.7 Å². The van der Waals surface area contributed by atoms with Crippen molar-refractivity contribution in [2.24, 2.45) is 0 Å². The van der Waals surface area contributed by atoms with E-state index in [4.69, 9.17) is 5.73 Å². The Morgan fingerprint density at radius 1 is 1.36 bits per heavy atom. The van der Waals surface area contributed by atoms with Gasteiger partial charge in [0, 0.05) is 21.4 Å². The van der Waals surface area contributed by atoms with Gasteiger partial charge in [-0.1, -0.05) is 19.1 Å². The highest BCUT2D eigenvalue weighted by molar-refractivity contribution is 9.10.